The summed E-state index contributed by atoms with van der Waals surface area (Å²) in [5.74, 6) is 0.654. The summed E-state index contributed by atoms with van der Waals surface area (Å²) in [6.45, 7) is 3.78. The highest BCUT2D eigenvalue weighted by molar-refractivity contribution is 7.76. The van der Waals surface area contributed by atoms with Crippen molar-refractivity contribution in [3.8, 4) is 0 Å². The van der Waals surface area contributed by atoms with Gasteiger partial charge in [0.1, 0.15) is 0 Å². The lowest BCUT2D eigenvalue weighted by Crippen LogP contribution is -2.22. The van der Waals surface area contributed by atoms with E-state index < -0.39 is 11.3 Å². The first-order valence-electron chi connectivity index (χ1n) is 4.60. The molecule has 0 aromatic carbocycles. The molecular formula is C8H17NO2S. The van der Waals surface area contributed by atoms with Crippen LogP contribution >= 0.6 is 0 Å². The van der Waals surface area contributed by atoms with Crippen LogP contribution in [-0.2, 0) is 11.3 Å². The van der Waals surface area contributed by atoms with Crippen molar-refractivity contribution in [3.05, 3.63) is 0 Å². The third kappa shape index (κ3) is 2.84. The average Bonchev–Trinajstić information content (AvgIpc) is 2.48. The molecule has 1 fully saturated rings. The van der Waals surface area contributed by atoms with Crippen LogP contribution in [0.25, 0.3) is 0 Å². The van der Waals surface area contributed by atoms with E-state index in [9.17, 15) is 4.21 Å². The van der Waals surface area contributed by atoms with Crippen LogP contribution in [0.3, 0.4) is 0 Å². The van der Waals surface area contributed by atoms with Crippen LogP contribution in [0, 0.1) is 5.92 Å². The zero-order valence-corrected chi connectivity index (χ0v) is 8.35. The molecule has 72 valence electrons. The minimum atomic E-state index is -1.73. The monoisotopic (exact) mass is 191 g/mol. The van der Waals surface area contributed by atoms with E-state index in [0.29, 0.717) is 5.92 Å². The summed E-state index contributed by atoms with van der Waals surface area (Å²) in [5, 5.41) is 0. The van der Waals surface area contributed by atoms with Crippen molar-refractivity contribution < 1.29 is 8.76 Å². The Bertz CT molecular complexity index is 163. The third-order valence-electron chi connectivity index (χ3n) is 2.44. The van der Waals surface area contributed by atoms with Gasteiger partial charge in [-0.25, -0.2) is 8.51 Å². The van der Waals surface area contributed by atoms with E-state index in [1.54, 1.807) is 4.31 Å². The van der Waals surface area contributed by atoms with Crippen molar-refractivity contribution >= 4 is 11.3 Å². The quantitative estimate of drug-likeness (QED) is 0.686. The van der Waals surface area contributed by atoms with Crippen molar-refractivity contribution in [1.29, 1.82) is 0 Å². The van der Waals surface area contributed by atoms with E-state index in [0.717, 1.165) is 19.5 Å². The molecule has 1 aliphatic rings. The number of unbranched alkanes of at least 4 members (excludes halogenated alkanes) is 1. The molecule has 1 rings (SSSR count). The Morgan fingerprint density at radius 1 is 1.67 bits per heavy atom. The first-order chi connectivity index (χ1) is 5.74. The van der Waals surface area contributed by atoms with Gasteiger partial charge in [-0.2, -0.15) is 0 Å². The number of hydrogen-bond acceptors (Lipinski definition) is 1. The van der Waals surface area contributed by atoms with Crippen LogP contribution in [0.15, 0.2) is 0 Å². The molecule has 0 aliphatic carbocycles. The van der Waals surface area contributed by atoms with Crippen LogP contribution in [0.1, 0.15) is 32.6 Å². The Morgan fingerprint density at radius 3 is 2.92 bits per heavy atom. The molecule has 0 aromatic rings. The molecule has 1 saturated heterocycles. The van der Waals surface area contributed by atoms with Crippen LogP contribution in [0.4, 0.5) is 0 Å². The van der Waals surface area contributed by atoms with Gasteiger partial charge in [0, 0.05) is 13.1 Å². The molecule has 1 aliphatic heterocycles. The second-order valence-corrected chi connectivity index (χ2v) is 4.39. The van der Waals surface area contributed by atoms with Crippen LogP contribution in [0.5, 0.6) is 0 Å². The van der Waals surface area contributed by atoms with Gasteiger partial charge in [-0.15, -0.1) is 0 Å². The zero-order valence-electron chi connectivity index (χ0n) is 7.53. The van der Waals surface area contributed by atoms with Gasteiger partial charge in [0.2, 0.25) is 11.3 Å². The summed E-state index contributed by atoms with van der Waals surface area (Å²) in [7, 11) is 0. The van der Waals surface area contributed by atoms with Gasteiger partial charge in [0.15, 0.2) is 0 Å². The summed E-state index contributed by atoms with van der Waals surface area (Å²) in [6, 6.07) is 0. The van der Waals surface area contributed by atoms with Crippen molar-refractivity contribution in [2.24, 2.45) is 5.92 Å². The van der Waals surface area contributed by atoms with Gasteiger partial charge in [0.25, 0.3) is 0 Å². The van der Waals surface area contributed by atoms with Gasteiger partial charge in [-0.1, -0.05) is 19.8 Å². The first kappa shape index (κ1) is 10.2. The standard InChI is InChI=1S/C8H17NO2S/c1-2-3-4-8-5-6-9(7-8)12(10)11/h8H,2-7H2,1H3,(H,10,11). The topological polar surface area (TPSA) is 40.5 Å². The summed E-state index contributed by atoms with van der Waals surface area (Å²) in [6.07, 6.45) is 4.77. The van der Waals surface area contributed by atoms with Gasteiger partial charge >= 0.3 is 0 Å². The minimum absolute atomic E-state index is 0.654. The maximum absolute atomic E-state index is 10.7. The maximum atomic E-state index is 10.7. The number of rotatable bonds is 4. The summed E-state index contributed by atoms with van der Waals surface area (Å²) < 4.78 is 21.1. The summed E-state index contributed by atoms with van der Waals surface area (Å²) in [4.78, 5) is 0. The third-order valence-corrected chi connectivity index (χ3v) is 3.21. The lowest BCUT2D eigenvalue weighted by atomic mass is 10.0. The fourth-order valence-electron chi connectivity index (χ4n) is 1.67. The molecule has 0 amide bonds. The smallest absolute Gasteiger partial charge is 0.234 e. The van der Waals surface area contributed by atoms with Crippen molar-refractivity contribution in [1.82, 2.24) is 4.31 Å². The van der Waals surface area contributed by atoms with Crippen LogP contribution in [0.2, 0.25) is 0 Å². The number of nitrogens with zero attached hydrogens (tertiary/aromatic N) is 1. The Kier molecular flexibility index (Phi) is 4.18. The van der Waals surface area contributed by atoms with Crippen molar-refractivity contribution in [3.63, 3.8) is 0 Å². The lowest BCUT2D eigenvalue weighted by Gasteiger charge is -2.09. The molecule has 0 aromatic heterocycles. The Balaban J connectivity index is 2.21. The molecule has 12 heavy (non-hydrogen) atoms. The van der Waals surface area contributed by atoms with E-state index in [2.05, 4.69) is 6.92 Å². The lowest BCUT2D eigenvalue weighted by molar-refractivity contribution is 0.426. The average molecular weight is 191 g/mol. The van der Waals surface area contributed by atoms with E-state index >= 15 is 0 Å². The summed E-state index contributed by atoms with van der Waals surface area (Å²) >= 11 is -1.73. The predicted molar refractivity (Wildman–Crippen MR) is 50.0 cm³/mol. The Morgan fingerprint density at radius 2 is 2.42 bits per heavy atom. The molecule has 0 bridgehead atoms. The van der Waals surface area contributed by atoms with Gasteiger partial charge in [0.05, 0.1) is 0 Å². The van der Waals surface area contributed by atoms with Crippen LogP contribution < -0.4 is 0 Å². The van der Waals surface area contributed by atoms with Gasteiger partial charge < -0.3 is 0 Å². The zero-order chi connectivity index (χ0) is 8.97. The van der Waals surface area contributed by atoms with Crippen molar-refractivity contribution in [2.45, 2.75) is 32.6 Å². The maximum Gasteiger partial charge on any atom is 0.234 e. The molecule has 3 nitrogen and oxygen atoms in total. The molecule has 0 radical (unpaired) electrons. The highest BCUT2D eigenvalue weighted by Crippen LogP contribution is 2.21. The van der Waals surface area contributed by atoms with Crippen LogP contribution in [-0.4, -0.2) is 26.2 Å². The minimum Gasteiger partial charge on any atom is -0.294 e. The fourth-order valence-corrected chi connectivity index (χ4v) is 2.27. The molecule has 2 unspecified atom stereocenters. The predicted octanol–water partition coefficient (Wildman–Crippen LogP) is 1.64. The van der Waals surface area contributed by atoms with E-state index in [-0.39, 0.29) is 0 Å². The van der Waals surface area contributed by atoms with E-state index in [1.165, 1.54) is 19.3 Å². The molecule has 2 atom stereocenters. The largest absolute Gasteiger partial charge is 0.294 e. The van der Waals surface area contributed by atoms with Crippen molar-refractivity contribution in [2.75, 3.05) is 13.1 Å². The SMILES string of the molecule is CCCCC1CCN(S(=O)O)C1. The molecule has 0 spiro atoms. The molecule has 1 heterocycles. The van der Waals surface area contributed by atoms with E-state index in [4.69, 9.17) is 4.55 Å². The highest BCUT2D eigenvalue weighted by Gasteiger charge is 2.24. The molecular weight excluding hydrogens is 174 g/mol. The second-order valence-electron chi connectivity index (χ2n) is 3.42. The van der Waals surface area contributed by atoms with Gasteiger partial charge in [-0.05, 0) is 18.8 Å². The molecule has 4 heteroatoms. The summed E-state index contributed by atoms with van der Waals surface area (Å²) in [5.41, 5.74) is 0. The molecule has 0 saturated carbocycles. The number of hydrogen-bond donors (Lipinski definition) is 1. The first-order valence-corrected chi connectivity index (χ1v) is 5.66. The molecule has 1 N–H and O–H groups in total. The van der Waals surface area contributed by atoms with Gasteiger partial charge in [-0.3, -0.25) is 4.55 Å². The Hall–Kier alpha value is 0.0700. The Labute approximate surface area is 76.6 Å². The highest BCUT2D eigenvalue weighted by atomic mass is 32.2. The van der Waals surface area contributed by atoms with E-state index in [1.807, 2.05) is 0 Å². The normalized spacial score (nSPS) is 27.7. The fraction of sp³-hybridized carbons (Fsp3) is 1.00. The second kappa shape index (κ2) is 4.94.